The Bertz CT molecular complexity index is 520. The number of nitrogens with one attached hydrogen (secondary N) is 1. The first kappa shape index (κ1) is 12.4. The van der Waals surface area contributed by atoms with E-state index in [-0.39, 0.29) is 0 Å². The van der Waals surface area contributed by atoms with E-state index >= 15 is 0 Å². The van der Waals surface area contributed by atoms with Crippen LogP contribution in [-0.4, -0.2) is 0 Å². The Balaban J connectivity index is 2.08. The molecule has 2 aromatic rings. The molecule has 0 spiro atoms. The first-order valence-electron chi connectivity index (χ1n) is 5.71. The van der Waals surface area contributed by atoms with Gasteiger partial charge in [0.1, 0.15) is 0 Å². The summed E-state index contributed by atoms with van der Waals surface area (Å²) in [5.41, 5.74) is 5.20. The molecule has 0 amide bonds. The van der Waals surface area contributed by atoms with Crippen LogP contribution in [0, 0.1) is 17.4 Å². The van der Waals surface area contributed by atoms with E-state index in [1.54, 1.807) is 0 Å². The van der Waals surface area contributed by atoms with Crippen LogP contribution in [0.3, 0.4) is 0 Å². The van der Waals surface area contributed by atoms with Gasteiger partial charge in [-0.3, -0.25) is 0 Å². The molecule has 0 atom stereocenters. The molecule has 0 aromatic heterocycles. The van der Waals surface area contributed by atoms with Crippen LogP contribution in [0.1, 0.15) is 16.7 Å². The van der Waals surface area contributed by atoms with E-state index in [1.807, 2.05) is 0 Å². The third-order valence-corrected chi connectivity index (χ3v) is 4.00. The summed E-state index contributed by atoms with van der Waals surface area (Å²) in [6.45, 7) is 5.16. The Hall–Kier alpha value is -1.03. The zero-order valence-electron chi connectivity index (χ0n) is 10.1. The molecule has 2 aromatic carbocycles. The molecule has 0 saturated heterocycles. The Kier molecular flexibility index (Phi) is 4.05. The second-order valence-electron chi connectivity index (χ2n) is 4.24. The largest absolute Gasteiger partial charge is 0.381 e. The summed E-state index contributed by atoms with van der Waals surface area (Å²) in [6.07, 6.45) is 0. The van der Waals surface area contributed by atoms with Crippen LogP contribution in [0.5, 0.6) is 0 Å². The third kappa shape index (κ3) is 3.22. The molecule has 2 heteroatoms. The second-order valence-corrected chi connectivity index (χ2v) is 5.41. The number of rotatable bonds is 3. The number of aryl methyl sites for hydroxylation is 2. The smallest absolute Gasteiger partial charge is 0.0411 e. The van der Waals surface area contributed by atoms with Crippen molar-refractivity contribution in [1.29, 1.82) is 0 Å². The van der Waals surface area contributed by atoms with Gasteiger partial charge in [-0.05, 0) is 71.3 Å². The normalized spacial score (nSPS) is 10.3. The fourth-order valence-corrected chi connectivity index (χ4v) is 2.27. The standard InChI is InChI=1S/C15H16IN/c1-11-7-8-14(9-12(11)2)17-10-13-5-3-4-6-15(13)16/h3-9,17H,10H2,1-2H3. The first-order chi connectivity index (χ1) is 8.16. The Morgan fingerprint density at radius 3 is 2.47 bits per heavy atom. The maximum Gasteiger partial charge on any atom is 0.0411 e. The molecule has 0 aliphatic rings. The van der Waals surface area contributed by atoms with Crippen LogP contribution < -0.4 is 5.32 Å². The highest BCUT2D eigenvalue weighted by Gasteiger charge is 1.99. The second kappa shape index (κ2) is 5.54. The van der Waals surface area contributed by atoms with E-state index in [1.165, 1.54) is 25.9 Å². The van der Waals surface area contributed by atoms with E-state index in [0.29, 0.717) is 0 Å². The van der Waals surface area contributed by atoms with Gasteiger partial charge in [-0.25, -0.2) is 0 Å². The Labute approximate surface area is 116 Å². The fraction of sp³-hybridized carbons (Fsp3) is 0.200. The van der Waals surface area contributed by atoms with Gasteiger partial charge in [0.2, 0.25) is 0 Å². The molecule has 0 heterocycles. The molecule has 1 N–H and O–H groups in total. The van der Waals surface area contributed by atoms with Gasteiger partial charge in [0.15, 0.2) is 0 Å². The summed E-state index contributed by atoms with van der Waals surface area (Å²) in [5.74, 6) is 0. The van der Waals surface area contributed by atoms with Gasteiger partial charge in [-0.1, -0.05) is 24.3 Å². The lowest BCUT2D eigenvalue weighted by molar-refractivity contribution is 1.13. The number of hydrogen-bond acceptors (Lipinski definition) is 1. The lowest BCUT2D eigenvalue weighted by Gasteiger charge is -2.10. The molecule has 0 aliphatic carbocycles. The average Bonchev–Trinajstić information content (AvgIpc) is 2.32. The van der Waals surface area contributed by atoms with Crippen LogP contribution in [0.2, 0.25) is 0 Å². The number of benzene rings is 2. The minimum Gasteiger partial charge on any atom is -0.381 e. The van der Waals surface area contributed by atoms with Crippen molar-refractivity contribution in [3.63, 3.8) is 0 Å². The van der Waals surface area contributed by atoms with Gasteiger partial charge in [0.25, 0.3) is 0 Å². The van der Waals surface area contributed by atoms with Gasteiger partial charge in [-0.15, -0.1) is 0 Å². The Morgan fingerprint density at radius 1 is 1.00 bits per heavy atom. The average molecular weight is 337 g/mol. The molecule has 2 rings (SSSR count). The highest BCUT2D eigenvalue weighted by Crippen LogP contribution is 2.17. The zero-order chi connectivity index (χ0) is 12.3. The maximum absolute atomic E-state index is 3.47. The van der Waals surface area contributed by atoms with Gasteiger partial charge in [-0.2, -0.15) is 0 Å². The zero-order valence-corrected chi connectivity index (χ0v) is 12.3. The lowest BCUT2D eigenvalue weighted by Crippen LogP contribution is -2.01. The van der Waals surface area contributed by atoms with Crippen LogP contribution in [-0.2, 0) is 6.54 Å². The Morgan fingerprint density at radius 2 is 1.76 bits per heavy atom. The molecule has 0 fully saturated rings. The quantitative estimate of drug-likeness (QED) is 0.812. The van der Waals surface area contributed by atoms with Crippen LogP contribution in [0.25, 0.3) is 0 Å². The predicted molar refractivity (Wildman–Crippen MR) is 82.4 cm³/mol. The van der Waals surface area contributed by atoms with Crippen molar-refractivity contribution >= 4 is 28.3 Å². The molecule has 88 valence electrons. The van der Waals surface area contributed by atoms with E-state index in [2.05, 4.69) is 84.2 Å². The number of anilines is 1. The van der Waals surface area contributed by atoms with Crippen molar-refractivity contribution in [2.24, 2.45) is 0 Å². The molecular formula is C15H16IN. The summed E-state index contributed by atoms with van der Waals surface area (Å²) in [5, 5.41) is 3.47. The van der Waals surface area contributed by atoms with Gasteiger partial charge in [0.05, 0.1) is 0 Å². The molecular weight excluding hydrogens is 321 g/mol. The predicted octanol–water partition coefficient (Wildman–Crippen LogP) is 4.52. The molecule has 0 bridgehead atoms. The molecule has 0 unspecified atom stereocenters. The van der Waals surface area contributed by atoms with E-state index in [4.69, 9.17) is 0 Å². The van der Waals surface area contributed by atoms with Crippen molar-refractivity contribution in [3.8, 4) is 0 Å². The van der Waals surface area contributed by atoms with Crippen molar-refractivity contribution in [2.75, 3.05) is 5.32 Å². The highest BCUT2D eigenvalue weighted by atomic mass is 127. The van der Waals surface area contributed by atoms with Crippen LogP contribution in [0.15, 0.2) is 42.5 Å². The highest BCUT2D eigenvalue weighted by molar-refractivity contribution is 14.1. The summed E-state index contributed by atoms with van der Waals surface area (Å²) >= 11 is 2.38. The van der Waals surface area contributed by atoms with Crippen molar-refractivity contribution in [1.82, 2.24) is 0 Å². The molecule has 1 nitrogen and oxygen atoms in total. The van der Waals surface area contributed by atoms with E-state index in [9.17, 15) is 0 Å². The van der Waals surface area contributed by atoms with Gasteiger partial charge >= 0.3 is 0 Å². The number of hydrogen-bond donors (Lipinski definition) is 1. The molecule has 0 saturated carbocycles. The third-order valence-electron chi connectivity index (χ3n) is 2.95. The van der Waals surface area contributed by atoms with Crippen LogP contribution in [0.4, 0.5) is 5.69 Å². The minimum atomic E-state index is 0.877. The van der Waals surface area contributed by atoms with E-state index < -0.39 is 0 Å². The van der Waals surface area contributed by atoms with E-state index in [0.717, 1.165) is 6.54 Å². The topological polar surface area (TPSA) is 12.0 Å². The molecule has 17 heavy (non-hydrogen) atoms. The molecule has 0 radical (unpaired) electrons. The summed E-state index contributed by atoms with van der Waals surface area (Å²) < 4.78 is 1.31. The van der Waals surface area contributed by atoms with Crippen molar-refractivity contribution < 1.29 is 0 Å². The SMILES string of the molecule is Cc1ccc(NCc2ccccc2I)cc1C. The monoisotopic (exact) mass is 337 g/mol. The minimum absolute atomic E-state index is 0.877. The van der Waals surface area contributed by atoms with Gasteiger partial charge in [0, 0.05) is 15.8 Å². The van der Waals surface area contributed by atoms with Crippen LogP contribution >= 0.6 is 22.6 Å². The fourth-order valence-electron chi connectivity index (χ4n) is 1.69. The van der Waals surface area contributed by atoms with Crippen molar-refractivity contribution in [3.05, 3.63) is 62.7 Å². The maximum atomic E-state index is 3.47. The summed E-state index contributed by atoms with van der Waals surface area (Å²) in [4.78, 5) is 0. The first-order valence-corrected chi connectivity index (χ1v) is 6.79. The summed E-state index contributed by atoms with van der Waals surface area (Å²) in [6, 6.07) is 14.9. The van der Waals surface area contributed by atoms with Gasteiger partial charge < -0.3 is 5.32 Å². The van der Waals surface area contributed by atoms with Crippen molar-refractivity contribution in [2.45, 2.75) is 20.4 Å². The molecule has 0 aliphatic heterocycles. The number of halogens is 1. The summed E-state index contributed by atoms with van der Waals surface area (Å²) in [7, 11) is 0. The lowest BCUT2D eigenvalue weighted by atomic mass is 10.1.